The monoisotopic (exact) mass is 282 g/mol. The number of hydrogen-bond acceptors (Lipinski definition) is 0. The molecule has 0 heterocycles. The highest BCUT2D eigenvalue weighted by atomic mass is 35.5. The highest BCUT2D eigenvalue weighted by molar-refractivity contribution is 7.19. The highest BCUT2D eigenvalue weighted by Crippen LogP contribution is 2.36. The predicted octanol–water partition coefficient (Wildman–Crippen LogP) is 4.41. The average Bonchev–Trinajstić information content (AvgIpc) is 2.21. The van der Waals surface area contributed by atoms with Crippen LogP contribution in [0.25, 0.3) is 0 Å². The SMILES string of the molecule is CCCCC(P)(CCCC)CCCC.Cl.[AlH3]. The molecule has 0 N–H and O–H groups in total. The summed E-state index contributed by atoms with van der Waals surface area (Å²) >= 11 is 0. The first-order valence-corrected chi connectivity index (χ1v) is 7.05. The third kappa shape index (κ3) is 11.7. The molecule has 0 aliphatic heterocycles. The first-order chi connectivity index (χ1) is 6.68. The first kappa shape index (κ1) is 22.4. The zero-order chi connectivity index (χ0) is 10.9. The summed E-state index contributed by atoms with van der Waals surface area (Å²) in [7, 11) is 3.17. The van der Waals surface area contributed by atoms with Crippen molar-refractivity contribution in [1.29, 1.82) is 0 Å². The fraction of sp³-hybridized carbons (Fsp3) is 1.00. The Hall–Kier alpha value is 1.25. The van der Waals surface area contributed by atoms with Gasteiger partial charge in [0.25, 0.3) is 0 Å². The van der Waals surface area contributed by atoms with E-state index in [0.717, 1.165) is 0 Å². The molecule has 0 aromatic rings. The van der Waals surface area contributed by atoms with E-state index >= 15 is 0 Å². The molecule has 16 heavy (non-hydrogen) atoms. The first-order valence-electron chi connectivity index (χ1n) is 6.47. The Morgan fingerprint density at radius 2 is 1.00 bits per heavy atom. The van der Waals surface area contributed by atoms with Crippen LogP contribution in [0.2, 0.25) is 0 Å². The van der Waals surface area contributed by atoms with Gasteiger partial charge in [-0.1, -0.05) is 59.3 Å². The summed E-state index contributed by atoms with van der Waals surface area (Å²) < 4.78 is 0. The molecule has 3 heteroatoms. The Labute approximate surface area is 122 Å². The van der Waals surface area contributed by atoms with Gasteiger partial charge in [-0.3, -0.25) is 0 Å². The van der Waals surface area contributed by atoms with Crippen LogP contribution in [0.4, 0.5) is 0 Å². The van der Waals surface area contributed by atoms with Gasteiger partial charge in [-0.25, -0.2) is 0 Å². The quantitative estimate of drug-likeness (QED) is 0.434. The highest BCUT2D eigenvalue weighted by Gasteiger charge is 2.22. The van der Waals surface area contributed by atoms with Crippen molar-refractivity contribution in [1.82, 2.24) is 0 Å². The van der Waals surface area contributed by atoms with Gasteiger partial charge >= 0.3 is 0 Å². The second-order valence-electron chi connectivity index (χ2n) is 4.67. The van der Waals surface area contributed by atoms with Gasteiger partial charge in [0.2, 0.25) is 0 Å². The average molecular weight is 283 g/mol. The van der Waals surface area contributed by atoms with Crippen LogP contribution in [0, 0.1) is 0 Å². The normalized spacial score (nSPS) is 10.5. The topological polar surface area (TPSA) is 0 Å². The second-order valence-corrected chi connectivity index (χ2v) is 5.90. The van der Waals surface area contributed by atoms with Crippen molar-refractivity contribution >= 4 is 39.0 Å². The third-order valence-electron chi connectivity index (χ3n) is 3.08. The second kappa shape index (κ2) is 14.3. The summed E-state index contributed by atoms with van der Waals surface area (Å²) in [6.07, 6.45) is 12.5. The van der Waals surface area contributed by atoms with Crippen LogP contribution in [-0.2, 0) is 0 Å². The van der Waals surface area contributed by atoms with Gasteiger partial charge in [-0.15, -0.1) is 21.6 Å². The lowest BCUT2D eigenvalue weighted by Crippen LogP contribution is -2.20. The summed E-state index contributed by atoms with van der Waals surface area (Å²) in [6, 6.07) is 0. The molecule has 0 saturated heterocycles. The lowest BCUT2D eigenvalue weighted by Gasteiger charge is -2.29. The minimum absolute atomic E-state index is 0. The van der Waals surface area contributed by atoms with Gasteiger partial charge in [-0.2, -0.15) is 0 Å². The van der Waals surface area contributed by atoms with Crippen molar-refractivity contribution in [3.63, 3.8) is 0 Å². The zero-order valence-corrected chi connectivity index (χ0v) is 12.8. The molecule has 1 atom stereocenters. The Morgan fingerprint density at radius 3 is 1.19 bits per heavy atom. The van der Waals surface area contributed by atoms with E-state index in [0.29, 0.717) is 5.16 Å². The molecular formula is C13H33AlClP. The van der Waals surface area contributed by atoms with Gasteiger partial charge < -0.3 is 0 Å². The molecule has 0 radical (unpaired) electrons. The van der Waals surface area contributed by atoms with E-state index < -0.39 is 0 Å². The maximum atomic E-state index is 3.17. The Bertz CT molecular complexity index is 109. The van der Waals surface area contributed by atoms with Crippen LogP contribution < -0.4 is 0 Å². The molecule has 1 unspecified atom stereocenters. The van der Waals surface area contributed by atoms with E-state index in [9.17, 15) is 0 Å². The molecular weight excluding hydrogens is 250 g/mol. The molecule has 0 spiro atoms. The molecule has 0 amide bonds. The van der Waals surface area contributed by atoms with E-state index in [2.05, 4.69) is 30.0 Å². The van der Waals surface area contributed by atoms with E-state index in [4.69, 9.17) is 0 Å². The maximum absolute atomic E-state index is 3.17. The van der Waals surface area contributed by atoms with Crippen molar-refractivity contribution in [3.05, 3.63) is 0 Å². The smallest absolute Gasteiger partial charge is 0.147 e. The summed E-state index contributed by atoms with van der Waals surface area (Å²) in [5.74, 6) is 0. The van der Waals surface area contributed by atoms with E-state index in [1.54, 1.807) is 0 Å². The van der Waals surface area contributed by atoms with Crippen LogP contribution in [0.5, 0.6) is 0 Å². The molecule has 0 rings (SSSR count). The number of hydrogen-bond donors (Lipinski definition) is 0. The Balaban J connectivity index is -0.000000845. The van der Waals surface area contributed by atoms with Crippen LogP contribution in [0.3, 0.4) is 0 Å². The molecule has 0 aliphatic carbocycles. The van der Waals surface area contributed by atoms with Crippen LogP contribution >= 0.6 is 21.6 Å². The zero-order valence-electron chi connectivity index (χ0n) is 10.8. The predicted molar refractivity (Wildman–Crippen MR) is 88.2 cm³/mol. The lowest BCUT2D eigenvalue weighted by atomic mass is 9.90. The minimum atomic E-state index is 0. The van der Waals surface area contributed by atoms with Gasteiger partial charge in [0.05, 0.1) is 0 Å². The maximum Gasteiger partial charge on any atom is 0.187 e. The largest absolute Gasteiger partial charge is 0.187 e. The molecule has 0 aliphatic rings. The van der Waals surface area contributed by atoms with Crippen molar-refractivity contribution in [3.8, 4) is 0 Å². The lowest BCUT2D eigenvalue weighted by molar-refractivity contribution is 0.424. The molecule has 100 valence electrons. The van der Waals surface area contributed by atoms with Crippen molar-refractivity contribution in [2.24, 2.45) is 0 Å². The van der Waals surface area contributed by atoms with Gasteiger partial charge in [0.15, 0.2) is 17.4 Å². The van der Waals surface area contributed by atoms with Crippen LogP contribution in [0.1, 0.15) is 78.6 Å². The van der Waals surface area contributed by atoms with E-state index in [1.807, 2.05) is 0 Å². The molecule has 0 bridgehead atoms. The van der Waals surface area contributed by atoms with Gasteiger partial charge in [-0.05, 0) is 24.4 Å². The molecule has 0 fully saturated rings. The van der Waals surface area contributed by atoms with Crippen LogP contribution in [0.15, 0.2) is 0 Å². The number of rotatable bonds is 9. The summed E-state index contributed by atoms with van der Waals surface area (Å²) in [5.41, 5.74) is 0. The molecule has 0 nitrogen and oxygen atoms in total. The van der Waals surface area contributed by atoms with Crippen LogP contribution in [-0.4, -0.2) is 22.5 Å². The Kier molecular flexibility index (Phi) is 20.1. The fourth-order valence-corrected chi connectivity index (χ4v) is 2.57. The summed E-state index contributed by atoms with van der Waals surface area (Å²) in [6.45, 7) is 6.89. The van der Waals surface area contributed by atoms with E-state index in [-0.39, 0.29) is 29.8 Å². The summed E-state index contributed by atoms with van der Waals surface area (Å²) in [4.78, 5) is 0. The summed E-state index contributed by atoms with van der Waals surface area (Å²) in [5, 5.41) is 0.571. The minimum Gasteiger partial charge on any atom is -0.147 e. The van der Waals surface area contributed by atoms with Gasteiger partial charge in [0.1, 0.15) is 0 Å². The van der Waals surface area contributed by atoms with Crippen molar-refractivity contribution < 1.29 is 0 Å². The van der Waals surface area contributed by atoms with Crippen molar-refractivity contribution in [2.45, 2.75) is 83.7 Å². The molecule has 0 saturated carbocycles. The number of unbranched alkanes of at least 4 members (excludes halogenated alkanes) is 3. The number of halogens is 1. The molecule has 0 aromatic heterocycles. The molecule has 0 aromatic carbocycles. The fourth-order valence-electron chi connectivity index (χ4n) is 1.96. The standard InChI is InChI=1S/C13H29P.Al.ClH.3H/c1-4-7-10-13(14,11-8-5-2)12-9-6-3;;;;;/h4-12,14H2,1-3H3;;1H;;;. The van der Waals surface area contributed by atoms with Crippen molar-refractivity contribution in [2.75, 3.05) is 0 Å². The van der Waals surface area contributed by atoms with Gasteiger partial charge in [0, 0.05) is 0 Å². The third-order valence-corrected chi connectivity index (χ3v) is 3.95. The Morgan fingerprint density at radius 1 is 0.750 bits per heavy atom. The van der Waals surface area contributed by atoms with E-state index in [1.165, 1.54) is 57.8 Å².